The lowest BCUT2D eigenvalue weighted by atomic mass is 9.97. The Labute approximate surface area is 139 Å². The molecule has 6 heteroatoms. The Hall–Kier alpha value is -2.44. The van der Waals surface area contributed by atoms with Crippen molar-refractivity contribution < 1.29 is 14.6 Å². The second-order valence-electron chi connectivity index (χ2n) is 5.86. The normalized spacial score (nSPS) is 20.8. The Morgan fingerprint density at radius 3 is 2.75 bits per heavy atom. The van der Waals surface area contributed by atoms with Crippen molar-refractivity contribution in [3.63, 3.8) is 0 Å². The summed E-state index contributed by atoms with van der Waals surface area (Å²) in [4.78, 5) is 29.0. The lowest BCUT2D eigenvalue weighted by Crippen LogP contribution is -2.49. The standard InChI is InChI=1S/C18H20N2O4/c1-12-9-14(10-16(22)19-12)18(23)20-7-8-24-15(11-21)17(20)13-5-3-2-4-6-13/h2-6,9-10,15,17,21H,7-8,11H2,1H3,(H,19,22)/t15-,17-/m0/s1. The number of aliphatic hydroxyl groups is 1. The molecule has 2 N–H and O–H groups in total. The average molecular weight is 328 g/mol. The van der Waals surface area contributed by atoms with Crippen LogP contribution in [0.25, 0.3) is 0 Å². The molecule has 0 spiro atoms. The number of hydrogen-bond donors (Lipinski definition) is 2. The minimum absolute atomic E-state index is 0.183. The lowest BCUT2D eigenvalue weighted by molar-refractivity contribution is -0.0811. The zero-order valence-corrected chi connectivity index (χ0v) is 13.4. The van der Waals surface area contributed by atoms with Gasteiger partial charge in [-0.15, -0.1) is 0 Å². The first-order valence-corrected chi connectivity index (χ1v) is 7.89. The van der Waals surface area contributed by atoms with E-state index in [9.17, 15) is 14.7 Å². The minimum atomic E-state index is -0.492. The molecule has 0 radical (unpaired) electrons. The number of ether oxygens (including phenoxy) is 1. The fraction of sp³-hybridized carbons (Fsp3) is 0.333. The number of carbonyl (C=O) groups is 1. The predicted octanol–water partition coefficient (Wildman–Crippen LogP) is 1.26. The molecule has 1 amide bonds. The minimum Gasteiger partial charge on any atom is -0.394 e. The van der Waals surface area contributed by atoms with Crippen LogP contribution in [-0.2, 0) is 4.74 Å². The monoisotopic (exact) mass is 328 g/mol. The Morgan fingerprint density at radius 1 is 1.33 bits per heavy atom. The second kappa shape index (κ2) is 6.98. The highest BCUT2D eigenvalue weighted by molar-refractivity contribution is 5.94. The van der Waals surface area contributed by atoms with Crippen LogP contribution in [0, 0.1) is 6.92 Å². The molecular formula is C18H20N2O4. The van der Waals surface area contributed by atoms with Gasteiger partial charge >= 0.3 is 0 Å². The van der Waals surface area contributed by atoms with Crippen LogP contribution in [0.5, 0.6) is 0 Å². The smallest absolute Gasteiger partial charge is 0.254 e. The van der Waals surface area contributed by atoms with Crippen molar-refractivity contribution in [1.82, 2.24) is 9.88 Å². The number of pyridine rings is 1. The molecule has 0 aliphatic carbocycles. The topological polar surface area (TPSA) is 82.6 Å². The van der Waals surface area contributed by atoms with Crippen LogP contribution in [0.2, 0.25) is 0 Å². The van der Waals surface area contributed by atoms with E-state index in [0.29, 0.717) is 24.4 Å². The maximum Gasteiger partial charge on any atom is 0.254 e. The largest absolute Gasteiger partial charge is 0.394 e. The molecule has 2 heterocycles. The molecule has 1 saturated heterocycles. The average Bonchev–Trinajstić information content (AvgIpc) is 2.60. The van der Waals surface area contributed by atoms with Gasteiger partial charge in [0.1, 0.15) is 6.10 Å². The van der Waals surface area contributed by atoms with Crippen molar-refractivity contribution in [1.29, 1.82) is 0 Å². The summed E-state index contributed by atoms with van der Waals surface area (Å²) < 4.78 is 5.65. The number of aromatic nitrogens is 1. The van der Waals surface area contributed by atoms with E-state index in [1.165, 1.54) is 6.07 Å². The van der Waals surface area contributed by atoms with Gasteiger partial charge in [0.05, 0.1) is 19.3 Å². The molecule has 126 valence electrons. The summed E-state index contributed by atoms with van der Waals surface area (Å²) in [6.45, 7) is 2.31. The van der Waals surface area contributed by atoms with E-state index in [1.807, 2.05) is 30.3 Å². The number of rotatable bonds is 3. The Bertz CT molecular complexity index is 772. The molecule has 24 heavy (non-hydrogen) atoms. The van der Waals surface area contributed by atoms with Crippen LogP contribution in [0.15, 0.2) is 47.3 Å². The number of amides is 1. The molecule has 1 aromatic heterocycles. The molecular weight excluding hydrogens is 308 g/mol. The SMILES string of the molecule is Cc1cc(C(=O)N2CCO[C@@H](CO)[C@@H]2c2ccccc2)cc(=O)[nH]1. The number of nitrogens with zero attached hydrogens (tertiary/aromatic N) is 1. The summed E-state index contributed by atoms with van der Waals surface area (Å²) >= 11 is 0. The summed E-state index contributed by atoms with van der Waals surface area (Å²) in [7, 11) is 0. The highest BCUT2D eigenvalue weighted by Gasteiger charge is 2.36. The van der Waals surface area contributed by atoms with E-state index in [4.69, 9.17) is 4.74 Å². The van der Waals surface area contributed by atoms with Crippen LogP contribution in [-0.4, -0.2) is 46.8 Å². The molecule has 0 saturated carbocycles. The lowest BCUT2D eigenvalue weighted by Gasteiger charge is -2.41. The Morgan fingerprint density at radius 2 is 2.08 bits per heavy atom. The number of H-pyrrole nitrogens is 1. The molecule has 2 atom stereocenters. The summed E-state index contributed by atoms with van der Waals surface area (Å²) in [5.41, 5.74) is 1.57. The second-order valence-corrected chi connectivity index (χ2v) is 5.86. The predicted molar refractivity (Wildman–Crippen MR) is 88.8 cm³/mol. The molecule has 1 aliphatic heterocycles. The molecule has 0 bridgehead atoms. The van der Waals surface area contributed by atoms with Gasteiger partial charge < -0.3 is 19.7 Å². The Kier molecular flexibility index (Phi) is 4.78. The summed E-state index contributed by atoms with van der Waals surface area (Å²) in [5.74, 6) is -0.236. The van der Waals surface area contributed by atoms with E-state index < -0.39 is 12.1 Å². The van der Waals surface area contributed by atoms with Crippen LogP contribution >= 0.6 is 0 Å². The highest BCUT2D eigenvalue weighted by atomic mass is 16.5. The van der Waals surface area contributed by atoms with Gasteiger partial charge in [-0.1, -0.05) is 30.3 Å². The first-order valence-electron chi connectivity index (χ1n) is 7.89. The Balaban J connectivity index is 1.99. The summed E-state index contributed by atoms with van der Waals surface area (Å²) in [5, 5.41) is 9.66. The highest BCUT2D eigenvalue weighted by Crippen LogP contribution is 2.30. The third kappa shape index (κ3) is 3.25. The van der Waals surface area contributed by atoms with Gasteiger partial charge in [0.25, 0.3) is 5.91 Å². The van der Waals surface area contributed by atoms with Gasteiger partial charge in [-0.05, 0) is 18.6 Å². The first-order chi connectivity index (χ1) is 11.6. The molecule has 1 aliphatic rings. The number of aromatic amines is 1. The summed E-state index contributed by atoms with van der Waals surface area (Å²) in [6, 6.07) is 12.1. The zero-order chi connectivity index (χ0) is 17.1. The maximum absolute atomic E-state index is 13.0. The number of morpholine rings is 1. The molecule has 3 rings (SSSR count). The van der Waals surface area contributed by atoms with Crippen LogP contribution in [0.3, 0.4) is 0 Å². The fourth-order valence-corrected chi connectivity index (χ4v) is 3.13. The van der Waals surface area contributed by atoms with Gasteiger partial charge in [-0.25, -0.2) is 0 Å². The van der Waals surface area contributed by atoms with Crippen molar-refractivity contribution in [3.8, 4) is 0 Å². The van der Waals surface area contributed by atoms with Gasteiger partial charge in [-0.3, -0.25) is 9.59 Å². The van der Waals surface area contributed by atoms with E-state index in [2.05, 4.69) is 4.98 Å². The van der Waals surface area contributed by atoms with E-state index in [1.54, 1.807) is 17.9 Å². The summed E-state index contributed by atoms with van der Waals surface area (Å²) in [6.07, 6.45) is -0.492. The third-order valence-corrected chi connectivity index (χ3v) is 4.16. The van der Waals surface area contributed by atoms with E-state index >= 15 is 0 Å². The van der Waals surface area contributed by atoms with Gasteiger partial charge in [0.2, 0.25) is 5.56 Å². The van der Waals surface area contributed by atoms with Crippen molar-refractivity contribution in [2.24, 2.45) is 0 Å². The fourth-order valence-electron chi connectivity index (χ4n) is 3.13. The molecule has 6 nitrogen and oxygen atoms in total. The number of aryl methyl sites for hydroxylation is 1. The molecule has 1 fully saturated rings. The third-order valence-electron chi connectivity index (χ3n) is 4.16. The van der Waals surface area contributed by atoms with Crippen molar-refractivity contribution in [2.75, 3.05) is 19.8 Å². The van der Waals surface area contributed by atoms with Gasteiger partial charge in [0.15, 0.2) is 0 Å². The molecule has 2 aromatic rings. The number of aliphatic hydroxyl groups excluding tert-OH is 1. The molecule has 1 aromatic carbocycles. The van der Waals surface area contributed by atoms with Crippen LogP contribution in [0.4, 0.5) is 0 Å². The first kappa shape index (κ1) is 16.4. The maximum atomic E-state index is 13.0. The van der Waals surface area contributed by atoms with E-state index in [-0.39, 0.29) is 18.1 Å². The van der Waals surface area contributed by atoms with Crippen LogP contribution in [0.1, 0.15) is 27.7 Å². The van der Waals surface area contributed by atoms with Gasteiger partial charge in [0, 0.05) is 23.9 Å². The number of hydrogen-bond acceptors (Lipinski definition) is 4. The van der Waals surface area contributed by atoms with Gasteiger partial charge in [-0.2, -0.15) is 0 Å². The number of nitrogens with one attached hydrogen (secondary N) is 1. The number of benzene rings is 1. The van der Waals surface area contributed by atoms with Crippen molar-refractivity contribution >= 4 is 5.91 Å². The van der Waals surface area contributed by atoms with E-state index in [0.717, 1.165) is 5.56 Å². The molecule has 0 unspecified atom stereocenters. The van der Waals surface area contributed by atoms with Crippen molar-refractivity contribution in [2.45, 2.75) is 19.1 Å². The van der Waals surface area contributed by atoms with Crippen molar-refractivity contribution in [3.05, 3.63) is 69.6 Å². The number of carbonyl (C=O) groups excluding carboxylic acids is 1. The zero-order valence-electron chi connectivity index (χ0n) is 13.4. The van der Waals surface area contributed by atoms with Crippen LogP contribution < -0.4 is 5.56 Å². The quantitative estimate of drug-likeness (QED) is 0.888.